The zero-order valence-electron chi connectivity index (χ0n) is 11.5. The van der Waals surface area contributed by atoms with Gasteiger partial charge >= 0.3 is 0 Å². The molecule has 0 aromatic heterocycles. The first-order valence-electron chi connectivity index (χ1n) is 7.09. The Kier molecular flexibility index (Phi) is 5.94. The molecule has 1 aliphatic heterocycles. The van der Waals surface area contributed by atoms with Gasteiger partial charge < -0.3 is 26.6 Å². The molecule has 19 heavy (non-hydrogen) atoms. The van der Waals surface area contributed by atoms with Gasteiger partial charge in [0, 0.05) is 63.7 Å². The van der Waals surface area contributed by atoms with E-state index in [4.69, 9.17) is 5.73 Å². The van der Waals surface area contributed by atoms with Crippen LogP contribution < -0.4 is 26.6 Å². The Bertz CT molecular complexity index is 339. The Morgan fingerprint density at radius 3 is 1.74 bits per heavy atom. The van der Waals surface area contributed by atoms with E-state index >= 15 is 0 Å². The minimum Gasteiger partial charge on any atom is -0.399 e. The molecule has 5 nitrogen and oxygen atoms in total. The maximum atomic E-state index is 5.75. The second-order valence-corrected chi connectivity index (χ2v) is 4.83. The number of nitrogen functional groups attached to an aromatic ring is 1. The largest absolute Gasteiger partial charge is 0.399 e. The summed E-state index contributed by atoms with van der Waals surface area (Å²) in [5.74, 6) is 0. The van der Waals surface area contributed by atoms with Gasteiger partial charge in [-0.15, -0.1) is 0 Å². The van der Waals surface area contributed by atoms with Crippen LogP contribution >= 0.6 is 0 Å². The Morgan fingerprint density at radius 1 is 0.737 bits per heavy atom. The lowest BCUT2D eigenvalue weighted by Crippen LogP contribution is -2.41. The standard InChI is InChI=1S/C14H25N5/c15-13-1-3-14(4-2-13)19-11-9-17-7-5-16-6-8-18-10-12-19/h1-4,16-18H,5-12,15H2. The van der Waals surface area contributed by atoms with Gasteiger partial charge in [-0.25, -0.2) is 0 Å². The molecule has 1 saturated heterocycles. The molecular formula is C14H25N5. The predicted octanol–water partition coefficient (Wildman–Crippen LogP) is -0.142. The molecule has 0 atom stereocenters. The molecule has 1 aromatic rings. The van der Waals surface area contributed by atoms with Crippen LogP contribution in [-0.4, -0.2) is 52.4 Å². The van der Waals surface area contributed by atoms with Crippen molar-refractivity contribution in [2.45, 2.75) is 0 Å². The highest BCUT2D eigenvalue weighted by Crippen LogP contribution is 2.15. The van der Waals surface area contributed by atoms with E-state index in [2.05, 4.69) is 33.0 Å². The number of benzene rings is 1. The molecule has 1 fully saturated rings. The summed E-state index contributed by atoms with van der Waals surface area (Å²) in [5, 5.41) is 10.3. The number of rotatable bonds is 1. The van der Waals surface area contributed by atoms with Crippen LogP contribution in [0.3, 0.4) is 0 Å². The second kappa shape index (κ2) is 7.99. The molecule has 106 valence electrons. The van der Waals surface area contributed by atoms with Crippen LogP contribution in [0.25, 0.3) is 0 Å². The Balaban J connectivity index is 1.92. The molecule has 0 saturated carbocycles. The Morgan fingerprint density at radius 2 is 1.21 bits per heavy atom. The van der Waals surface area contributed by atoms with Crippen LogP contribution in [0, 0.1) is 0 Å². The number of nitrogens with two attached hydrogens (primary N) is 1. The third kappa shape index (κ3) is 5.06. The fourth-order valence-corrected chi connectivity index (χ4v) is 2.21. The Labute approximate surface area is 115 Å². The fourth-order valence-electron chi connectivity index (χ4n) is 2.21. The van der Waals surface area contributed by atoms with Crippen molar-refractivity contribution in [1.82, 2.24) is 16.0 Å². The average Bonchev–Trinajstić information content (AvgIpc) is 2.41. The first kappa shape index (κ1) is 14.1. The lowest BCUT2D eigenvalue weighted by Gasteiger charge is -2.26. The van der Waals surface area contributed by atoms with Gasteiger partial charge in [-0.05, 0) is 24.3 Å². The van der Waals surface area contributed by atoms with Crippen molar-refractivity contribution in [3.05, 3.63) is 24.3 Å². The van der Waals surface area contributed by atoms with Gasteiger partial charge in [0.05, 0.1) is 0 Å². The molecule has 1 aliphatic rings. The third-order valence-electron chi connectivity index (χ3n) is 3.33. The van der Waals surface area contributed by atoms with Crippen LogP contribution in [0.5, 0.6) is 0 Å². The summed E-state index contributed by atoms with van der Waals surface area (Å²) < 4.78 is 0. The minimum absolute atomic E-state index is 0.820. The number of nitrogens with one attached hydrogen (secondary N) is 3. The van der Waals surface area contributed by atoms with Crippen LogP contribution in [0.15, 0.2) is 24.3 Å². The molecule has 0 aliphatic carbocycles. The summed E-state index contributed by atoms with van der Waals surface area (Å²) in [6.45, 7) is 8.16. The summed E-state index contributed by atoms with van der Waals surface area (Å²) in [6, 6.07) is 8.14. The molecule has 0 spiro atoms. The quantitative estimate of drug-likeness (QED) is 0.531. The topological polar surface area (TPSA) is 65.3 Å². The van der Waals surface area contributed by atoms with Crippen molar-refractivity contribution in [2.24, 2.45) is 0 Å². The summed E-state index contributed by atoms with van der Waals surface area (Å²) in [7, 11) is 0. The van der Waals surface area contributed by atoms with Crippen molar-refractivity contribution in [2.75, 3.05) is 63.0 Å². The first-order valence-corrected chi connectivity index (χ1v) is 7.09. The normalized spacial score (nSPS) is 19.5. The molecule has 5 N–H and O–H groups in total. The van der Waals surface area contributed by atoms with Gasteiger partial charge in [-0.1, -0.05) is 0 Å². The molecular weight excluding hydrogens is 238 g/mol. The van der Waals surface area contributed by atoms with E-state index in [0.29, 0.717) is 0 Å². The lowest BCUT2D eigenvalue weighted by molar-refractivity contribution is 0.557. The van der Waals surface area contributed by atoms with Gasteiger partial charge in [-0.3, -0.25) is 0 Å². The summed E-state index contributed by atoms with van der Waals surface area (Å²) in [5.41, 5.74) is 7.81. The van der Waals surface area contributed by atoms with Crippen LogP contribution in [0.1, 0.15) is 0 Å². The predicted molar refractivity (Wildman–Crippen MR) is 81.7 cm³/mol. The first-order chi connectivity index (χ1) is 9.36. The van der Waals surface area contributed by atoms with Crippen molar-refractivity contribution in [3.8, 4) is 0 Å². The van der Waals surface area contributed by atoms with Crippen molar-refractivity contribution < 1.29 is 0 Å². The molecule has 0 bridgehead atoms. The van der Waals surface area contributed by atoms with Gasteiger partial charge in [0.25, 0.3) is 0 Å². The summed E-state index contributed by atoms with van der Waals surface area (Å²) in [4.78, 5) is 2.40. The van der Waals surface area contributed by atoms with E-state index in [1.54, 1.807) is 0 Å². The highest BCUT2D eigenvalue weighted by molar-refractivity contribution is 5.53. The van der Waals surface area contributed by atoms with Crippen molar-refractivity contribution in [3.63, 3.8) is 0 Å². The van der Waals surface area contributed by atoms with E-state index in [0.717, 1.165) is 58.0 Å². The smallest absolute Gasteiger partial charge is 0.0368 e. The molecule has 5 heteroatoms. The van der Waals surface area contributed by atoms with Gasteiger partial charge in [0.2, 0.25) is 0 Å². The van der Waals surface area contributed by atoms with Crippen LogP contribution in [0.4, 0.5) is 11.4 Å². The zero-order valence-corrected chi connectivity index (χ0v) is 11.5. The highest BCUT2D eigenvalue weighted by atomic mass is 15.2. The lowest BCUT2D eigenvalue weighted by atomic mass is 10.2. The van der Waals surface area contributed by atoms with Gasteiger partial charge in [0.15, 0.2) is 0 Å². The summed E-state index contributed by atoms with van der Waals surface area (Å²) in [6.07, 6.45) is 0. The van der Waals surface area contributed by atoms with E-state index < -0.39 is 0 Å². The maximum absolute atomic E-state index is 5.75. The average molecular weight is 263 g/mol. The Hall–Kier alpha value is -1.30. The van der Waals surface area contributed by atoms with Crippen LogP contribution in [0.2, 0.25) is 0 Å². The molecule has 1 heterocycles. The number of nitrogens with zero attached hydrogens (tertiary/aromatic N) is 1. The van der Waals surface area contributed by atoms with Gasteiger partial charge in [0.1, 0.15) is 0 Å². The SMILES string of the molecule is Nc1ccc(N2CCNCCNCCNCC2)cc1. The molecule has 0 amide bonds. The molecule has 2 rings (SSSR count). The molecule has 1 aromatic carbocycles. The van der Waals surface area contributed by atoms with E-state index in [1.165, 1.54) is 5.69 Å². The van der Waals surface area contributed by atoms with Crippen LogP contribution in [-0.2, 0) is 0 Å². The van der Waals surface area contributed by atoms with Gasteiger partial charge in [-0.2, -0.15) is 0 Å². The van der Waals surface area contributed by atoms with E-state index in [1.807, 2.05) is 12.1 Å². The molecule has 0 radical (unpaired) electrons. The second-order valence-electron chi connectivity index (χ2n) is 4.83. The van der Waals surface area contributed by atoms with Crippen molar-refractivity contribution >= 4 is 11.4 Å². The fraction of sp³-hybridized carbons (Fsp3) is 0.571. The van der Waals surface area contributed by atoms with Crippen molar-refractivity contribution in [1.29, 1.82) is 0 Å². The third-order valence-corrected chi connectivity index (χ3v) is 3.33. The highest BCUT2D eigenvalue weighted by Gasteiger charge is 2.06. The molecule has 0 unspecified atom stereocenters. The monoisotopic (exact) mass is 263 g/mol. The minimum atomic E-state index is 0.820. The van der Waals surface area contributed by atoms with E-state index in [-0.39, 0.29) is 0 Å². The number of hydrogen-bond acceptors (Lipinski definition) is 5. The number of anilines is 2. The zero-order chi connectivity index (χ0) is 13.3. The summed E-state index contributed by atoms with van der Waals surface area (Å²) >= 11 is 0. The maximum Gasteiger partial charge on any atom is 0.0368 e. The van der Waals surface area contributed by atoms with E-state index in [9.17, 15) is 0 Å². The number of hydrogen-bond donors (Lipinski definition) is 4.